The second kappa shape index (κ2) is 3.85. The molecule has 0 saturated carbocycles. The molecular weight excluding hydrogens is 190 g/mol. The van der Waals surface area contributed by atoms with E-state index < -0.39 is 0 Å². The van der Waals surface area contributed by atoms with Crippen molar-refractivity contribution in [1.82, 2.24) is 0 Å². The van der Waals surface area contributed by atoms with E-state index in [1.54, 1.807) is 18.2 Å². The Bertz CT molecular complexity index is 396. The van der Waals surface area contributed by atoms with Gasteiger partial charge in [-0.15, -0.1) is 0 Å². The molecule has 0 spiro atoms. The molecule has 0 aliphatic carbocycles. The molecule has 1 aliphatic heterocycles. The van der Waals surface area contributed by atoms with Gasteiger partial charge in [0.05, 0.1) is 5.69 Å². The molecule has 0 aromatic heterocycles. The van der Waals surface area contributed by atoms with Crippen LogP contribution in [0.4, 0.5) is 5.69 Å². The highest BCUT2D eigenvalue weighted by atomic mass is 16.2. The summed E-state index contributed by atoms with van der Waals surface area (Å²) >= 11 is 0. The average molecular weight is 202 g/mol. The molecule has 1 radical (unpaired) electrons. The third-order valence-corrected chi connectivity index (χ3v) is 2.47. The van der Waals surface area contributed by atoms with Gasteiger partial charge in [-0.2, -0.15) is 0 Å². The third-order valence-electron chi connectivity index (χ3n) is 2.47. The molecule has 1 aromatic rings. The number of carbonyl (C=O) groups is 2. The smallest absolute Gasteiger partial charge is 0.233 e. The summed E-state index contributed by atoms with van der Waals surface area (Å²) in [7, 11) is 0. The van der Waals surface area contributed by atoms with Crippen molar-refractivity contribution < 1.29 is 9.59 Å². The quantitative estimate of drug-likeness (QED) is 0.651. The van der Waals surface area contributed by atoms with E-state index in [1.807, 2.05) is 6.92 Å². The Kier molecular flexibility index (Phi) is 2.54. The molecule has 3 nitrogen and oxygen atoms in total. The van der Waals surface area contributed by atoms with Gasteiger partial charge in [-0.3, -0.25) is 14.5 Å². The first-order chi connectivity index (χ1) is 7.18. The number of amides is 2. The first kappa shape index (κ1) is 9.90. The first-order valence-corrected chi connectivity index (χ1v) is 5.02. The van der Waals surface area contributed by atoms with E-state index in [1.165, 1.54) is 4.90 Å². The van der Waals surface area contributed by atoms with Gasteiger partial charge in [-0.1, -0.05) is 6.07 Å². The van der Waals surface area contributed by atoms with Crippen LogP contribution in [0.25, 0.3) is 0 Å². The Morgan fingerprint density at radius 2 is 1.93 bits per heavy atom. The Morgan fingerprint density at radius 1 is 1.27 bits per heavy atom. The fourth-order valence-electron chi connectivity index (χ4n) is 1.75. The molecule has 0 unspecified atom stereocenters. The van der Waals surface area contributed by atoms with Crippen LogP contribution in [0.3, 0.4) is 0 Å². The van der Waals surface area contributed by atoms with Crippen LogP contribution >= 0.6 is 0 Å². The van der Waals surface area contributed by atoms with Gasteiger partial charge in [0.15, 0.2) is 0 Å². The minimum absolute atomic E-state index is 0.100. The fraction of sp³-hybridized carbons (Fsp3) is 0.333. The maximum absolute atomic E-state index is 11.6. The molecule has 2 rings (SSSR count). The summed E-state index contributed by atoms with van der Waals surface area (Å²) in [4.78, 5) is 24.5. The van der Waals surface area contributed by atoms with E-state index in [4.69, 9.17) is 0 Å². The summed E-state index contributed by atoms with van der Waals surface area (Å²) in [5, 5.41) is 0. The Hall–Kier alpha value is -1.64. The number of piperidine rings is 1. The number of rotatable bonds is 1. The number of imide groups is 1. The summed E-state index contributed by atoms with van der Waals surface area (Å²) in [6.45, 7) is 1.89. The van der Waals surface area contributed by atoms with Crippen LogP contribution in [0.1, 0.15) is 24.8 Å². The number of anilines is 1. The molecule has 1 heterocycles. The highest BCUT2D eigenvalue weighted by Crippen LogP contribution is 2.22. The van der Waals surface area contributed by atoms with Crippen molar-refractivity contribution in [1.29, 1.82) is 0 Å². The normalized spacial score (nSPS) is 17.0. The number of hydrogen-bond acceptors (Lipinski definition) is 2. The molecule has 0 atom stereocenters. The van der Waals surface area contributed by atoms with Crippen LogP contribution in [0, 0.1) is 13.0 Å². The molecule has 0 N–H and O–H groups in total. The summed E-state index contributed by atoms with van der Waals surface area (Å²) in [5.41, 5.74) is 1.60. The largest absolute Gasteiger partial charge is 0.274 e. The molecule has 1 aliphatic rings. The first-order valence-electron chi connectivity index (χ1n) is 5.02. The van der Waals surface area contributed by atoms with Crippen LogP contribution in [0.15, 0.2) is 18.2 Å². The highest BCUT2D eigenvalue weighted by Gasteiger charge is 2.27. The van der Waals surface area contributed by atoms with Crippen molar-refractivity contribution >= 4 is 17.5 Å². The molecule has 1 fully saturated rings. The number of nitrogens with zero attached hydrogens (tertiary/aromatic N) is 1. The predicted molar refractivity (Wildman–Crippen MR) is 56.4 cm³/mol. The summed E-state index contributed by atoms with van der Waals surface area (Å²) in [5.74, 6) is -0.200. The van der Waals surface area contributed by atoms with Gasteiger partial charge in [0.1, 0.15) is 0 Å². The molecule has 1 aromatic carbocycles. The van der Waals surface area contributed by atoms with E-state index in [-0.39, 0.29) is 11.8 Å². The van der Waals surface area contributed by atoms with Gasteiger partial charge in [0.2, 0.25) is 11.8 Å². The van der Waals surface area contributed by atoms with Crippen LogP contribution < -0.4 is 4.90 Å². The second-order valence-corrected chi connectivity index (χ2v) is 3.71. The SMILES string of the molecule is Cc1[c]ccc(N2C(=O)CCCC2=O)c1. The summed E-state index contributed by atoms with van der Waals surface area (Å²) in [6.07, 6.45) is 1.60. The number of carbonyl (C=O) groups excluding carboxylic acids is 2. The highest BCUT2D eigenvalue weighted by molar-refractivity contribution is 6.16. The van der Waals surface area contributed by atoms with Gasteiger partial charge in [-0.05, 0) is 37.1 Å². The molecule has 1 saturated heterocycles. The van der Waals surface area contributed by atoms with Gasteiger partial charge in [0.25, 0.3) is 0 Å². The van der Waals surface area contributed by atoms with Gasteiger partial charge >= 0.3 is 0 Å². The van der Waals surface area contributed by atoms with Gasteiger partial charge < -0.3 is 0 Å². The zero-order valence-corrected chi connectivity index (χ0v) is 8.62. The fourth-order valence-corrected chi connectivity index (χ4v) is 1.75. The lowest BCUT2D eigenvalue weighted by Gasteiger charge is -2.24. The van der Waals surface area contributed by atoms with Crippen molar-refractivity contribution in [2.24, 2.45) is 0 Å². The van der Waals surface area contributed by atoms with Crippen molar-refractivity contribution in [3.05, 3.63) is 29.8 Å². The van der Waals surface area contributed by atoms with E-state index in [9.17, 15) is 9.59 Å². The minimum atomic E-state index is -0.100. The van der Waals surface area contributed by atoms with E-state index in [0.29, 0.717) is 24.9 Å². The lowest BCUT2D eigenvalue weighted by molar-refractivity contribution is -0.129. The van der Waals surface area contributed by atoms with Crippen molar-refractivity contribution in [2.75, 3.05) is 4.90 Å². The second-order valence-electron chi connectivity index (χ2n) is 3.71. The minimum Gasteiger partial charge on any atom is -0.274 e. The van der Waals surface area contributed by atoms with Gasteiger partial charge in [-0.25, -0.2) is 0 Å². The summed E-state index contributed by atoms with van der Waals surface area (Å²) < 4.78 is 0. The molecular formula is C12H12NO2. The molecule has 3 heteroatoms. The summed E-state index contributed by atoms with van der Waals surface area (Å²) in [6, 6.07) is 8.28. The monoisotopic (exact) mass is 202 g/mol. The Balaban J connectivity index is 2.35. The lowest BCUT2D eigenvalue weighted by Crippen LogP contribution is -2.40. The predicted octanol–water partition coefficient (Wildman–Crippen LogP) is 1.84. The van der Waals surface area contributed by atoms with Crippen molar-refractivity contribution in [3.63, 3.8) is 0 Å². The van der Waals surface area contributed by atoms with Crippen molar-refractivity contribution in [2.45, 2.75) is 26.2 Å². The van der Waals surface area contributed by atoms with E-state index in [2.05, 4.69) is 6.07 Å². The maximum Gasteiger partial charge on any atom is 0.233 e. The Morgan fingerprint density at radius 3 is 2.53 bits per heavy atom. The third kappa shape index (κ3) is 1.91. The molecule has 15 heavy (non-hydrogen) atoms. The van der Waals surface area contributed by atoms with Gasteiger partial charge in [0, 0.05) is 12.8 Å². The Labute approximate surface area is 88.7 Å². The van der Waals surface area contributed by atoms with E-state index >= 15 is 0 Å². The molecule has 77 valence electrons. The lowest BCUT2D eigenvalue weighted by atomic mass is 10.1. The van der Waals surface area contributed by atoms with E-state index in [0.717, 1.165) is 5.56 Å². The standard InChI is InChI=1S/C12H12NO2/c1-9-4-2-5-10(8-9)13-11(14)6-3-7-12(13)15/h2,5,8H,3,6-7H2,1H3. The number of benzene rings is 1. The van der Waals surface area contributed by atoms with Crippen LogP contribution in [0.2, 0.25) is 0 Å². The van der Waals surface area contributed by atoms with Crippen LogP contribution in [-0.4, -0.2) is 11.8 Å². The number of aryl methyl sites for hydroxylation is 1. The molecule has 2 amide bonds. The zero-order valence-electron chi connectivity index (χ0n) is 8.62. The van der Waals surface area contributed by atoms with Crippen LogP contribution in [0.5, 0.6) is 0 Å². The average Bonchev–Trinajstić information content (AvgIpc) is 2.17. The molecule has 0 bridgehead atoms. The number of hydrogen-bond donors (Lipinski definition) is 0. The topological polar surface area (TPSA) is 37.4 Å². The zero-order chi connectivity index (χ0) is 10.8. The maximum atomic E-state index is 11.6. The van der Waals surface area contributed by atoms with Crippen molar-refractivity contribution in [3.8, 4) is 0 Å². The van der Waals surface area contributed by atoms with Crippen LogP contribution in [-0.2, 0) is 9.59 Å².